The minimum atomic E-state index is -0.633. The van der Waals surface area contributed by atoms with Gasteiger partial charge in [0.2, 0.25) is 0 Å². The molecule has 394 valence electrons. The van der Waals surface area contributed by atoms with Gasteiger partial charge in [0.1, 0.15) is 0 Å². The van der Waals surface area contributed by atoms with Crippen molar-refractivity contribution in [2.75, 3.05) is 9.80 Å². The van der Waals surface area contributed by atoms with E-state index in [-0.39, 0.29) is 5.41 Å². The number of hydrogen-bond acceptors (Lipinski definition) is 2. The molecule has 0 N–H and O–H groups in total. The Kier molecular flexibility index (Phi) is 11.8. The van der Waals surface area contributed by atoms with Crippen molar-refractivity contribution in [3.05, 3.63) is 310 Å². The molecule has 1 spiro atoms. The number of allylic oxidation sites excluding steroid dienone is 1. The zero-order chi connectivity index (χ0) is 55.3. The molecule has 0 radical (unpaired) electrons. The van der Waals surface area contributed by atoms with E-state index in [4.69, 9.17) is 0 Å². The monoisotopic (exact) mass is 1120 g/mol. The van der Waals surface area contributed by atoms with Crippen LogP contribution >= 0.6 is 15.9 Å². The molecule has 1 aromatic heterocycles. The molecule has 3 aliphatic carbocycles. The second kappa shape index (κ2) is 19.5. The normalized spacial score (nSPS) is 14.5. The Bertz CT molecular complexity index is 4530. The number of aryl methyl sites for hydroxylation is 2. The number of halogens is 1. The van der Waals surface area contributed by atoms with Gasteiger partial charge < -0.3 is 14.4 Å². The standard InChI is InChI=1S/C78H60BrN3/c1-51-24-23-29-55(46-51)81(70-38-19-13-30-58(70)52-25-7-5-8-26-52)74-47-54(77(2,3)4)48-75(76(74)79)82(71-39-20-14-31-59(71)53-27-9-6-10-28-53)57-43-45-63-61-33-12-18-37-67(61)78(69(63)50-57)66-36-17-11-32-60(66)62-44-42-56(49-68(62)78)80-72-40-21-15-34-64(72)65-35-16-22-41-73(65)80/h5-15,17-34,36-50H,16,35H2,1-4H3. The van der Waals surface area contributed by atoms with Crippen LogP contribution in [0.25, 0.3) is 67.2 Å². The van der Waals surface area contributed by atoms with E-state index in [2.05, 4.69) is 325 Å². The lowest BCUT2D eigenvalue weighted by Crippen LogP contribution is -2.26. The van der Waals surface area contributed by atoms with Crippen molar-refractivity contribution in [2.24, 2.45) is 0 Å². The first-order valence-corrected chi connectivity index (χ1v) is 29.5. The van der Waals surface area contributed by atoms with Crippen LogP contribution < -0.4 is 9.80 Å². The zero-order valence-electron chi connectivity index (χ0n) is 46.5. The van der Waals surface area contributed by atoms with Gasteiger partial charge in [0.25, 0.3) is 0 Å². The topological polar surface area (TPSA) is 11.4 Å². The maximum atomic E-state index is 4.52. The summed E-state index contributed by atoms with van der Waals surface area (Å²) in [6, 6.07) is 95.3. The number of nitrogens with zero attached hydrogens (tertiary/aromatic N) is 3. The molecule has 3 aliphatic rings. The first-order chi connectivity index (χ1) is 40.2. The van der Waals surface area contributed by atoms with Crippen molar-refractivity contribution in [3.63, 3.8) is 0 Å². The molecular formula is C78H60BrN3. The number of benzene rings is 11. The molecule has 0 fully saturated rings. The Morgan fingerprint density at radius 2 is 0.951 bits per heavy atom. The summed E-state index contributed by atoms with van der Waals surface area (Å²) < 4.78 is 3.50. The van der Waals surface area contributed by atoms with Crippen molar-refractivity contribution in [3.8, 4) is 50.2 Å². The van der Waals surface area contributed by atoms with Gasteiger partial charge in [-0.1, -0.05) is 215 Å². The predicted octanol–water partition coefficient (Wildman–Crippen LogP) is 21.6. The fourth-order valence-electron chi connectivity index (χ4n) is 13.9. The minimum absolute atomic E-state index is 0.245. The van der Waals surface area contributed by atoms with Gasteiger partial charge in [0, 0.05) is 39.3 Å². The summed E-state index contributed by atoms with van der Waals surface area (Å²) in [5.41, 5.74) is 27.9. The number of anilines is 6. The SMILES string of the molecule is Cc1cccc(N(c2ccccc2-c2ccccc2)c2cc(C(C)(C)C)cc(N(c3ccc4c(c3)C3(c5ccccc5-4)c4ccccc4-c4ccc(-n5c6c(c7ccccc75)CCC=C6)cc43)c3ccccc3-c3ccccc3)c2Br)c1. The third kappa shape index (κ3) is 7.76. The lowest BCUT2D eigenvalue weighted by atomic mass is 9.70. The van der Waals surface area contributed by atoms with Crippen LogP contribution in [0.4, 0.5) is 34.1 Å². The highest BCUT2D eigenvalue weighted by Gasteiger charge is 2.52. The van der Waals surface area contributed by atoms with Gasteiger partial charge in [0.15, 0.2) is 0 Å². The summed E-state index contributed by atoms with van der Waals surface area (Å²) in [5, 5.41) is 1.34. The van der Waals surface area contributed by atoms with Gasteiger partial charge in [0.05, 0.1) is 38.2 Å². The van der Waals surface area contributed by atoms with Crippen LogP contribution in [0.3, 0.4) is 0 Å². The molecule has 0 amide bonds. The third-order valence-corrected chi connectivity index (χ3v) is 18.3. The Hall–Kier alpha value is -9.22. The van der Waals surface area contributed by atoms with Crippen LogP contribution in [0.15, 0.2) is 265 Å². The van der Waals surface area contributed by atoms with E-state index < -0.39 is 5.41 Å². The van der Waals surface area contributed by atoms with E-state index in [1.54, 1.807) is 0 Å². The molecular weight excluding hydrogens is 1060 g/mol. The van der Waals surface area contributed by atoms with Crippen molar-refractivity contribution < 1.29 is 0 Å². The van der Waals surface area contributed by atoms with Crippen molar-refractivity contribution in [2.45, 2.75) is 51.4 Å². The maximum absolute atomic E-state index is 4.52. The van der Waals surface area contributed by atoms with Gasteiger partial charge in [-0.15, -0.1) is 0 Å². The summed E-state index contributed by atoms with van der Waals surface area (Å²) in [7, 11) is 0. The lowest BCUT2D eigenvalue weighted by molar-refractivity contribution is 0.590. The quantitative estimate of drug-likeness (QED) is 0.143. The smallest absolute Gasteiger partial charge is 0.0727 e. The second-order valence-corrected chi connectivity index (χ2v) is 24.1. The summed E-state index contributed by atoms with van der Waals surface area (Å²) in [6.07, 6.45) is 6.79. The highest BCUT2D eigenvalue weighted by Crippen LogP contribution is 2.64. The maximum Gasteiger partial charge on any atom is 0.0727 e. The van der Waals surface area contributed by atoms with Gasteiger partial charge in [-0.2, -0.15) is 0 Å². The Morgan fingerprint density at radius 3 is 1.56 bits per heavy atom. The Morgan fingerprint density at radius 1 is 0.439 bits per heavy atom. The van der Waals surface area contributed by atoms with E-state index in [1.807, 2.05) is 0 Å². The average Bonchev–Trinajstić information content (AvgIpc) is 1.74. The van der Waals surface area contributed by atoms with Gasteiger partial charge >= 0.3 is 0 Å². The van der Waals surface area contributed by atoms with Gasteiger partial charge in [-0.3, -0.25) is 0 Å². The van der Waals surface area contributed by atoms with Crippen LogP contribution in [0, 0.1) is 6.92 Å². The van der Waals surface area contributed by atoms with Crippen LogP contribution in [0.5, 0.6) is 0 Å². The first-order valence-electron chi connectivity index (χ1n) is 28.7. The number of hydrogen-bond donors (Lipinski definition) is 0. The first kappa shape index (κ1) is 49.8. The van der Waals surface area contributed by atoms with E-state index in [9.17, 15) is 0 Å². The molecule has 1 atom stereocenters. The highest BCUT2D eigenvalue weighted by molar-refractivity contribution is 9.10. The van der Waals surface area contributed by atoms with Crippen LogP contribution in [-0.2, 0) is 17.3 Å². The minimum Gasteiger partial charge on any atom is -0.310 e. The average molecular weight is 1120 g/mol. The fraction of sp³-hybridized carbons (Fsp3) is 0.103. The molecule has 82 heavy (non-hydrogen) atoms. The second-order valence-electron chi connectivity index (χ2n) is 23.3. The summed E-state index contributed by atoms with van der Waals surface area (Å²) >= 11 is 4.52. The summed E-state index contributed by atoms with van der Waals surface area (Å²) in [5.74, 6) is 0. The molecule has 0 saturated carbocycles. The molecule has 1 unspecified atom stereocenters. The highest BCUT2D eigenvalue weighted by atomic mass is 79.9. The van der Waals surface area contributed by atoms with E-state index in [0.717, 1.165) is 73.7 Å². The summed E-state index contributed by atoms with van der Waals surface area (Å²) in [4.78, 5) is 5.01. The van der Waals surface area contributed by atoms with Crippen LogP contribution in [0.2, 0.25) is 0 Å². The van der Waals surface area contributed by atoms with Crippen molar-refractivity contribution in [1.82, 2.24) is 4.57 Å². The van der Waals surface area contributed by atoms with E-state index >= 15 is 0 Å². The molecule has 4 heteroatoms. The van der Waals surface area contributed by atoms with E-state index in [0.29, 0.717) is 0 Å². The predicted molar refractivity (Wildman–Crippen MR) is 348 cm³/mol. The van der Waals surface area contributed by atoms with Gasteiger partial charge in [-0.25, -0.2) is 0 Å². The molecule has 12 aromatic rings. The van der Waals surface area contributed by atoms with Crippen LogP contribution in [-0.4, -0.2) is 4.57 Å². The van der Waals surface area contributed by atoms with Crippen molar-refractivity contribution >= 4 is 67.0 Å². The molecule has 3 nitrogen and oxygen atoms in total. The molecule has 1 heterocycles. The van der Waals surface area contributed by atoms with E-state index in [1.165, 1.54) is 83.5 Å². The zero-order valence-corrected chi connectivity index (χ0v) is 48.1. The fourth-order valence-corrected chi connectivity index (χ4v) is 14.4. The summed E-state index contributed by atoms with van der Waals surface area (Å²) in [6.45, 7) is 9.20. The Labute approximate surface area is 489 Å². The molecule has 11 aromatic carbocycles. The lowest BCUT2D eigenvalue weighted by Gasteiger charge is -2.36. The number of fused-ring (bicyclic) bond motifs is 13. The third-order valence-electron chi connectivity index (χ3n) is 17.5. The van der Waals surface area contributed by atoms with Gasteiger partial charge in [-0.05, 0) is 186 Å². The van der Waals surface area contributed by atoms with Crippen molar-refractivity contribution in [1.29, 1.82) is 0 Å². The molecule has 0 aliphatic heterocycles. The van der Waals surface area contributed by atoms with Crippen LogP contribution in [0.1, 0.15) is 71.8 Å². The number of rotatable bonds is 9. The molecule has 0 bridgehead atoms. The Balaban J connectivity index is 1.02. The molecule has 15 rings (SSSR count). The number of aromatic nitrogens is 1. The number of para-hydroxylation sites is 3. The molecule has 0 saturated heterocycles. The largest absolute Gasteiger partial charge is 0.310 e.